The summed E-state index contributed by atoms with van der Waals surface area (Å²) in [6.07, 6.45) is 23.7. The van der Waals surface area contributed by atoms with Crippen molar-refractivity contribution in [3.8, 4) is 0 Å². The van der Waals surface area contributed by atoms with Crippen LogP contribution in [0.4, 0.5) is 0 Å². The summed E-state index contributed by atoms with van der Waals surface area (Å²) in [7, 11) is 0. The van der Waals surface area contributed by atoms with Crippen LogP contribution in [0.5, 0.6) is 0 Å². The van der Waals surface area contributed by atoms with E-state index in [4.69, 9.17) is 9.78 Å². The molecule has 0 fully saturated rings. The van der Waals surface area contributed by atoms with E-state index in [0.717, 1.165) is 45.3 Å². The Labute approximate surface area is 252 Å². The van der Waals surface area contributed by atoms with Crippen molar-refractivity contribution in [1.29, 1.82) is 0 Å². The summed E-state index contributed by atoms with van der Waals surface area (Å²) in [4.78, 5) is 24.7. The first-order chi connectivity index (χ1) is 20.3. The van der Waals surface area contributed by atoms with Gasteiger partial charge in [-0.15, -0.1) is 0 Å². The van der Waals surface area contributed by atoms with E-state index in [1.165, 1.54) is 101 Å². The zero-order chi connectivity index (χ0) is 29.1. The first-order valence-electron chi connectivity index (χ1n) is 16.9. The zero-order valence-corrected chi connectivity index (χ0v) is 26.2. The van der Waals surface area contributed by atoms with Crippen molar-refractivity contribution in [2.75, 3.05) is 13.2 Å². The minimum absolute atomic E-state index is 0.251. The largest absolute Gasteiger partial charge is 0.342 e. The van der Waals surface area contributed by atoms with Crippen molar-refractivity contribution in [2.24, 2.45) is 0 Å². The van der Waals surface area contributed by atoms with Crippen LogP contribution in [0.25, 0.3) is 0 Å². The summed E-state index contributed by atoms with van der Waals surface area (Å²) < 4.78 is 0. The molecule has 2 aromatic rings. The van der Waals surface area contributed by atoms with Gasteiger partial charge in [0.25, 0.3) is 0 Å². The van der Waals surface area contributed by atoms with Gasteiger partial charge in [0, 0.05) is 19.5 Å². The fourth-order valence-electron chi connectivity index (χ4n) is 5.36. The van der Waals surface area contributed by atoms with Gasteiger partial charge in [-0.2, -0.15) is 4.89 Å². The maximum Gasteiger partial charge on any atom is 0.342 e. The molecule has 0 aliphatic heterocycles. The van der Waals surface area contributed by atoms with Gasteiger partial charge in [0.1, 0.15) is 0 Å². The van der Waals surface area contributed by atoms with Crippen molar-refractivity contribution < 1.29 is 14.6 Å². The highest BCUT2D eigenvalue weighted by Crippen LogP contribution is 2.14. The van der Waals surface area contributed by atoms with Gasteiger partial charge in [-0.25, -0.2) is 4.79 Å². The first kappa shape index (κ1) is 35.0. The SMILES string of the molecule is CCCCCCCCCCCCCCCCCCOOC(=O)CCCCN(Cc1ccccc1)Cc1ccccc1. The summed E-state index contributed by atoms with van der Waals surface area (Å²) in [5, 5.41) is 0. The molecule has 2 aromatic carbocycles. The number of nitrogens with zero attached hydrogens (tertiary/aromatic N) is 1. The summed E-state index contributed by atoms with van der Waals surface area (Å²) in [5.74, 6) is -0.251. The van der Waals surface area contributed by atoms with Gasteiger partial charge in [0.05, 0.1) is 6.61 Å². The Hall–Kier alpha value is -2.17. The van der Waals surface area contributed by atoms with Gasteiger partial charge in [0.2, 0.25) is 0 Å². The van der Waals surface area contributed by atoms with Crippen LogP contribution in [0.2, 0.25) is 0 Å². The Balaban J connectivity index is 1.39. The summed E-state index contributed by atoms with van der Waals surface area (Å²) in [6, 6.07) is 21.2. The lowest BCUT2D eigenvalue weighted by Gasteiger charge is -2.22. The minimum atomic E-state index is -0.251. The number of hydrogen-bond acceptors (Lipinski definition) is 4. The maximum absolute atomic E-state index is 12.1. The molecule has 0 bridgehead atoms. The quantitative estimate of drug-likeness (QED) is 0.0613. The van der Waals surface area contributed by atoms with Crippen LogP contribution in [0.3, 0.4) is 0 Å². The Kier molecular flexibility index (Phi) is 21.8. The number of carbonyl (C=O) groups excluding carboxylic acids is 1. The second-order valence-electron chi connectivity index (χ2n) is 11.7. The highest BCUT2D eigenvalue weighted by Gasteiger charge is 2.09. The molecule has 0 aliphatic carbocycles. The molecule has 0 saturated carbocycles. The summed E-state index contributed by atoms with van der Waals surface area (Å²) in [6.45, 7) is 5.54. The van der Waals surface area contributed by atoms with E-state index in [-0.39, 0.29) is 5.97 Å². The standard InChI is InChI=1S/C37H59NO3/c1-2-3-4-5-6-7-8-9-10-11-12-13-14-15-16-25-32-40-41-37(39)30-23-24-31-38(33-35-26-19-17-20-27-35)34-36-28-21-18-22-29-36/h17-22,26-29H,2-16,23-25,30-34H2,1H3. The molecule has 0 aliphatic rings. The van der Waals surface area contributed by atoms with E-state index >= 15 is 0 Å². The molecule has 0 aromatic heterocycles. The molecular formula is C37H59NO3. The highest BCUT2D eigenvalue weighted by molar-refractivity contribution is 5.68. The first-order valence-corrected chi connectivity index (χ1v) is 16.9. The number of rotatable bonds is 27. The van der Waals surface area contributed by atoms with Crippen LogP contribution in [0.1, 0.15) is 140 Å². The smallest absolute Gasteiger partial charge is 0.298 e. The van der Waals surface area contributed by atoms with Crippen LogP contribution >= 0.6 is 0 Å². The summed E-state index contributed by atoms with van der Waals surface area (Å²) >= 11 is 0. The molecule has 230 valence electrons. The van der Waals surface area contributed by atoms with Gasteiger partial charge in [0.15, 0.2) is 0 Å². The van der Waals surface area contributed by atoms with Gasteiger partial charge in [-0.05, 0) is 36.9 Å². The van der Waals surface area contributed by atoms with Crippen molar-refractivity contribution in [3.05, 3.63) is 71.8 Å². The number of unbranched alkanes of at least 4 members (excludes halogenated alkanes) is 16. The van der Waals surface area contributed by atoms with Gasteiger partial charge in [-0.3, -0.25) is 9.79 Å². The van der Waals surface area contributed by atoms with Crippen molar-refractivity contribution >= 4 is 5.97 Å². The van der Waals surface area contributed by atoms with Crippen molar-refractivity contribution in [2.45, 2.75) is 142 Å². The molecule has 0 amide bonds. The predicted octanol–water partition coefficient (Wildman–Crippen LogP) is 10.6. The fraction of sp³-hybridized carbons (Fsp3) is 0.649. The fourth-order valence-corrected chi connectivity index (χ4v) is 5.36. The van der Waals surface area contributed by atoms with Gasteiger partial charge < -0.3 is 0 Å². The van der Waals surface area contributed by atoms with Crippen molar-refractivity contribution in [1.82, 2.24) is 4.90 Å². The Bertz CT molecular complexity index is 800. The molecule has 2 rings (SSSR count). The lowest BCUT2D eigenvalue weighted by atomic mass is 10.0. The van der Waals surface area contributed by atoms with Crippen LogP contribution in [-0.2, 0) is 27.7 Å². The predicted molar refractivity (Wildman–Crippen MR) is 172 cm³/mol. The third-order valence-corrected chi connectivity index (χ3v) is 7.84. The Morgan fingerprint density at radius 2 is 1.00 bits per heavy atom. The highest BCUT2D eigenvalue weighted by atomic mass is 17.2. The van der Waals surface area contributed by atoms with Gasteiger partial charge >= 0.3 is 5.97 Å². The summed E-state index contributed by atoms with van der Waals surface area (Å²) in [5.41, 5.74) is 2.62. The van der Waals surface area contributed by atoms with E-state index in [0.29, 0.717) is 13.0 Å². The molecule has 0 spiro atoms. The molecular weight excluding hydrogens is 506 g/mol. The Morgan fingerprint density at radius 1 is 0.561 bits per heavy atom. The number of hydrogen-bond donors (Lipinski definition) is 0. The van der Waals surface area contributed by atoms with Gasteiger partial charge in [-0.1, -0.05) is 164 Å². The number of benzene rings is 2. The lowest BCUT2D eigenvalue weighted by Crippen LogP contribution is -2.24. The molecule has 0 heterocycles. The molecule has 4 nitrogen and oxygen atoms in total. The average molecular weight is 566 g/mol. The minimum Gasteiger partial charge on any atom is -0.298 e. The van der Waals surface area contributed by atoms with Crippen LogP contribution in [0, 0.1) is 0 Å². The van der Waals surface area contributed by atoms with E-state index < -0.39 is 0 Å². The van der Waals surface area contributed by atoms with E-state index in [2.05, 4.69) is 72.5 Å². The molecule has 0 atom stereocenters. The molecule has 41 heavy (non-hydrogen) atoms. The monoisotopic (exact) mass is 565 g/mol. The number of carbonyl (C=O) groups is 1. The van der Waals surface area contributed by atoms with E-state index in [1.807, 2.05) is 0 Å². The van der Waals surface area contributed by atoms with Crippen LogP contribution in [0.15, 0.2) is 60.7 Å². The zero-order valence-electron chi connectivity index (χ0n) is 26.2. The lowest BCUT2D eigenvalue weighted by molar-refractivity contribution is -0.272. The topological polar surface area (TPSA) is 38.8 Å². The third kappa shape index (κ3) is 20.4. The molecule has 4 heteroatoms. The second kappa shape index (κ2) is 25.5. The molecule has 0 saturated heterocycles. The normalized spacial score (nSPS) is 11.3. The molecule has 0 unspecified atom stereocenters. The maximum atomic E-state index is 12.1. The molecule has 0 N–H and O–H groups in total. The van der Waals surface area contributed by atoms with E-state index in [9.17, 15) is 4.79 Å². The third-order valence-electron chi connectivity index (χ3n) is 7.84. The van der Waals surface area contributed by atoms with Crippen LogP contribution < -0.4 is 0 Å². The van der Waals surface area contributed by atoms with Crippen LogP contribution in [-0.4, -0.2) is 24.0 Å². The molecule has 0 radical (unpaired) electrons. The van der Waals surface area contributed by atoms with Crippen molar-refractivity contribution in [3.63, 3.8) is 0 Å². The Morgan fingerprint density at radius 3 is 1.46 bits per heavy atom. The van der Waals surface area contributed by atoms with E-state index in [1.54, 1.807) is 0 Å². The average Bonchev–Trinajstić information content (AvgIpc) is 2.99. The second-order valence-corrected chi connectivity index (χ2v) is 11.7.